The summed E-state index contributed by atoms with van der Waals surface area (Å²) in [6, 6.07) is 89.1. The van der Waals surface area contributed by atoms with Gasteiger partial charge < -0.3 is 4.90 Å². The fourth-order valence-corrected chi connectivity index (χ4v) is 11.2. The number of para-hydroxylation sites is 2. The highest BCUT2D eigenvalue weighted by Crippen LogP contribution is 2.64. The minimum absolute atomic E-state index is 0.626. The molecule has 1 aliphatic carbocycles. The van der Waals surface area contributed by atoms with Gasteiger partial charge in [-0.1, -0.05) is 212 Å². The Balaban J connectivity index is 1.01. The molecule has 0 saturated heterocycles. The molecule has 10 aromatic carbocycles. The molecule has 0 radical (unpaired) electrons. The molecule has 1 spiro atoms. The molecule has 0 unspecified atom stereocenters. The first kappa shape index (κ1) is 39.8. The lowest BCUT2D eigenvalue weighted by molar-refractivity contribution is 0.754. The van der Waals surface area contributed by atoms with Crippen LogP contribution in [0, 0.1) is 0 Å². The van der Waals surface area contributed by atoms with Crippen molar-refractivity contribution in [1.29, 1.82) is 0 Å². The van der Waals surface area contributed by atoms with Gasteiger partial charge in [0, 0.05) is 38.7 Å². The van der Waals surface area contributed by atoms with E-state index in [-0.39, 0.29) is 0 Å². The van der Waals surface area contributed by atoms with E-state index in [0.29, 0.717) is 17.5 Å². The van der Waals surface area contributed by atoms with Crippen molar-refractivity contribution in [3.05, 3.63) is 271 Å². The van der Waals surface area contributed by atoms with Crippen LogP contribution in [0.15, 0.2) is 249 Å². The number of anilines is 3. The molecule has 326 valence electrons. The molecule has 70 heavy (non-hydrogen) atoms. The summed E-state index contributed by atoms with van der Waals surface area (Å²) in [6.07, 6.45) is 0. The average molecular weight is 892 g/mol. The maximum absolute atomic E-state index is 5.42. The highest BCUT2D eigenvalue weighted by atomic mass is 15.2. The SMILES string of the molecule is c1ccc(-c2nc(-c3ccccc3)nc(-c3ccc(-c4ccc5c(c4)N(c4ccccc4)c4cc6c(-c7ccccc7)nc7ccccc7c6cc4C54c5ccccc5-c5ccccc54)cc3)n2)cc1. The van der Waals surface area contributed by atoms with E-state index in [0.717, 1.165) is 72.4 Å². The number of hydrogen-bond donors (Lipinski definition) is 0. The molecule has 0 N–H and O–H groups in total. The smallest absolute Gasteiger partial charge is 0.164 e. The number of rotatable bonds is 6. The number of hydrogen-bond acceptors (Lipinski definition) is 5. The summed E-state index contributed by atoms with van der Waals surface area (Å²) in [5.74, 6) is 1.91. The Morgan fingerprint density at radius 1 is 0.286 bits per heavy atom. The van der Waals surface area contributed by atoms with Crippen LogP contribution < -0.4 is 4.90 Å². The average Bonchev–Trinajstić information content (AvgIpc) is 3.74. The largest absolute Gasteiger partial charge is 0.310 e. The number of aromatic nitrogens is 4. The maximum atomic E-state index is 5.42. The second-order valence-corrected chi connectivity index (χ2v) is 18.1. The maximum Gasteiger partial charge on any atom is 0.164 e. The highest BCUT2D eigenvalue weighted by molar-refractivity contribution is 6.14. The summed E-state index contributed by atoms with van der Waals surface area (Å²) >= 11 is 0. The van der Waals surface area contributed by atoms with Crippen LogP contribution in [-0.2, 0) is 5.41 Å². The first-order valence-electron chi connectivity index (χ1n) is 23.8. The van der Waals surface area contributed by atoms with Crippen LogP contribution in [0.3, 0.4) is 0 Å². The number of fused-ring (bicyclic) bond motifs is 12. The summed E-state index contributed by atoms with van der Waals surface area (Å²) in [5, 5.41) is 3.43. The van der Waals surface area contributed by atoms with Crippen LogP contribution in [0.5, 0.6) is 0 Å². The monoisotopic (exact) mass is 891 g/mol. The Bertz CT molecular complexity index is 3880. The Hall–Kier alpha value is -9.32. The molecular weight excluding hydrogens is 851 g/mol. The van der Waals surface area contributed by atoms with Gasteiger partial charge in [-0.3, -0.25) is 0 Å². The van der Waals surface area contributed by atoms with Gasteiger partial charge in [0.25, 0.3) is 0 Å². The van der Waals surface area contributed by atoms with Crippen molar-refractivity contribution in [1.82, 2.24) is 19.9 Å². The minimum atomic E-state index is -0.636. The lowest BCUT2D eigenvalue weighted by atomic mass is 9.64. The fourth-order valence-electron chi connectivity index (χ4n) is 11.2. The Labute approximate surface area is 405 Å². The van der Waals surface area contributed by atoms with Crippen molar-refractivity contribution < 1.29 is 0 Å². The molecule has 2 aromatic heterocycles. The molecule has 0 bridgehead atoms. The topological polar surface area (TPSA) is 54.8 Å². The van der Waals surface area contributed by atoms with E-state index >= 15 is 0 Å². The number of benzene rings is 10. The van der Waals surface area contributed by atoms with Crippen molar-refractivity contribution in [3.8, 4) is 67.7 Å². The van der Waals surface area contributed by atoms with Gasteiger partial charge in [0.1, 0.15) is 0 Å². The molecule has 0 atom stereocenters. The van der Waals surface area contributed by atoms with Gasteiger partial charge in [-0.15, -0.1) is 0 Å². The van der Waals surface area contributed by atoms with Gasteiger partial charge in [-0.25, -0.2) is 19.9 Å². The lowest BCUT2D eigenvalue weighted by Gasteiger charge is -2.45. The molecule has 1 aliphatic heterocycles. The normalized spacial score (nSPS) is 12.9. The van der Waals surface area contributed by atoms with Crippen molar-refractivity contribution in [2.24, 2.45) is 0 Å². The van der Waals surface area contributed by atoms with Gasteiger partial charge in [0.15, 0.2) is 17.5 Å². The van der Waals surface area contributed by atoms with Crippen molar-refractivity contribution in [2.75, 3.05) is 4.90 Å². The van der Waals surface area contributed by atoms with Crippen LogP contribution in [0.25, 0.3) is 89.4 Å². The summed E-state index contributed by atoms with van der Waals surface area (Å²) in [7, 11) is 0. The molecule has 2 aliphatic rings. The van der Waals surface area contributed by atoms with E-state index in [9.17, 15) is 0 Å². The van der Waals surface area contributed by atoms with E-state index < -0.39 is 5.41 Å². The third-order valence-corrected chi connectivity index (χ3v) is 14.3. The molecule has 0 amide bonds. The predicted molar refractivity (Wildman–Crippen MR) is 285 cm³/mol. The molecule has 5 heteroatoms. The van der Waals surface area contributed by atoms with E-state index in [1.807, 2.05) is 60.7 Å². The third-order valence-electron chi connectivity index (χ3n) is 14.3. The third kappa shape index (κ3) is 6.11. The first-order chi connectivity index (χ1) is 34.7. The van der Waals surface area contributed by atoms with Crippen LogP contribution in [-0.4, -0.2) is 19.9 Å². The zero-order valence-corrected chi connectivity index (χ0v) is 37.9. The zero-order valence-electron chi connectivity index (χ0n) is 37.9. The summed E-state index contributed by atoms with van der Waals surface area (Å²) in [6.45, 7) is 0. The molecular formula is C65H41N5. The molecule has 5 nitrogen and oxygen atoms in total. The van der Waals surface area contributed by atoms with E-state index in [1.54, 1.807) is 0 Å². The summed E-state index contributed by atoms with van der Waals surface area (Å²) in [4.78, 5) is 22.9. The molecule has 0 fully saturated rings. The van der Waals surface area contributed by atoms with Crippen molar-refractivity contribution in [3.63, 3.8) is 0 Å². The van der Waals surface area contributed by atoms with Crippen LogP contribution >= 0.6 is 0 Å². The highest BCUT2D eigenvalue weighted by Gasteiger charge is 2.52. The molecule has 0 saturated carbocycles. The van der Waals surface area contributed by atoms with Crippen molar-refractivity contribution in [2.45, 2.75) is 5.41 Å². The van der Waals surface area contributed by atoms with Gasteiger partial charge >= 0.3 is 0 Å². The van der Waals surface area contributed by atoms with Gasteiger partial charge in [0.2, 0.25) is 0 Å². The quantitative estimate of drug-likeness (QED) is 0.156. The molecule has 3 heterocycles. The zero-order chi connectivity index (χ0) is 46.2. The van der Waals surface area contributed by atoms with E-state index in [4.69, 9.17) is 19.9 Å². The Kier molecular flexibility index (Phi) is 9.04. The van der Waals surface area contributed by atoms with E-state index in [2.05, 4.69) is 193 Å². The number of nitrogens with zero attached hydrogens (tertiary/aromatic N) is 5. The van der Waals surface area contributed by atoms with Crippen LogP contribution in [0.2, 0.25) is 0 Å². The second-order valence-electron chi connectivity index (χ2n) is 18.1. The predicted octanol–water partition coefficient (Wildman–Crippen LogP) is 16.1. The first-order valence-corrected chi connectivity index (χ1v) is 23.8. The Morgan fingerprint density at radius 2 is 0.757 bits per heavy atom. The van der Waals surface area contributed by atoms with Crippen LogP contribution in [0.1, 0.15) is 22.3 Å². The van der Waals surface area contributed by atoms with E-state index in [1.165, 1.54) is 38.8 Å². The van der Waals surface area contributed by atoms with Gasteiger partial charge in [0.05, 0.1) is 28.0 Å². The standard InChI is InChI=1S/C65H41N5/c1-5-19-43(20-6-1)61-53-41-60-57(40-52(53)51-29-15-18-32-58(51)66-61)65(54-30-16-13-27-49(54)50-28-14-17-31-55(50)65)56-38-37-47(39-59(56)70(60)48-25-11-4-12-26-48)42-33-35-46(36-34-42)64-68-62(44-21-7-2-8-22-44)67-63(69-64)45-23-9-3-10-24-45/h1-41H. The van der Waals surface area contributed by atoms with Crippen LogP contribution in [0.4, 0.5) is 17.1 Å². The number of pyridine rings is 1. The van der Waals surface area contributed by atoms with Gasteiger partial charge in [-0.2, -0.15) is 0 Å². The second kappa shape index (κ2) is 15.9. The Morgan fingerprint density at radius 3 is 1.37 bits per heavy atom. The minimum Gasteiger partial charge on any atom is -0.310 e. The van der Waals surface area contributed by atoms with Crippen molar-refractivity contribution >= 4 is 38.7 Å². The molecule has 12 aromatic rings. The van der Waals surface area contributed by atoms with Gasteiger partial charge in [-0.05, 0) is 86.3 Å². The molecule has 14 rings (SSSR count). The summed E-state index contributed by atoms with van der Waals surface area (Å²) < 4.78 is 0. The lowest BCUT2D eigenvalue weighted by Crippen LogP contribution is -2.36. The summed E-state index contributed by atoms with van der Waals surface area (Å²) in [5.41, 5.74) is 18.3. The fraction of sp³-hybridized carbons (Fsp3) is 0.0154.